The lowest BCUT2D eigenvalue weighted by molar-refractivity contribution is -0.131. The minimum atomic E-state index is -1.01. The van der Waals surface area contributed by atoms with E-state index in [2.05, 4.69) is 4.98 Å². The molecule has 0 aliphatic carbocycles. The molecule has 2 aromatic rings. The van der Waals surface area contributed by atoms with Gasteiger partial charge in [0.25, 0.3) is 0 Å². The normalized spacial score (nSPS) is 10.8. The molecule has 0 fully saturated rings. The highest BCUT2D eigenvalue weighted by atomic mass is 16.5. The van der Waals surface area contributed by atoms with E-state index in [0.29, 0.717) is 17.2 Å². The van der Waals surface area contributed by atoms with Crippen LogP contribution < -0.4 is 9.47 Å². The van der Waals surface area contributed by atoms with Crippen LogP contribution in [0, 0.1) is 0 Å². The molecule has 0 spiro atoms. The zero-order valence-corrected chi connectivity index (χ0v) is 10.6. The molecule has 1 aromatic carbocycles. The Balaban J connectivity index is 2.67. The fourth-order valence-corrected chi connectivity index (χ4v) is 1.88. The second-order valence-corrected chi connectivity index (χ2v) is 3.76. The molecular weight excluding hydrogens is 246 g/mol. The summed E-state index contributed by atoms with van der Waals surface area (Å²) in [5.41, 5.74) is 0.570. The number of carboxylic acid groups (broad SMARTS) is 1. The first-order chi connectivity index (χ1) is 9.17. The first kappa shape index (κ1) is 12.9. The minimum absolute atomic E-state index is 0.570. The van der Waals surface area contributed by atoms with Gasteiger partial charge in [0.1, 0.15) is 0 Å². The number of fused-ring (bicyclic) bond motifs is 1. The van der Waals surface area contributed by atoms with Gasteiger partial charge in [0.05, 0.1) is 19.9 Å². The molecule has 5 heteroatoms. The number of benzene rings is 1. The van der Waals surface area contributed by atoms with Crippen LogP contribution in [0.4, 0.5) is 0 Å². The third kappa shape index (κ3) is 2.49. The number of carbonyl (C=O) groups is 1. The molecule has 0 unspecified atom stereocenters. The van der Waals surface area contributed by atoms with Gasteiger partial charge in [-0.3, -0.25) is 4.98 Å². The molecule has 5 nitrogen and oxygen atoms in total. The first-order valence-corrected chi connectivity index (χ1v) is 5.58. The maximum Gasteiger partial charge on any atom is 0.328 e. The summed E-state index contributed by atoms with van der Waals surface area (Å²) in [6, 6.07) is 5.39. The highest BCUT2D eigenvalue weighted by Crippen LogP contribution is 2.36. The fourth-order valence-electron chi connectivity index (χ4n) is 1.88. The molecule has 1 aromatic heterocycles. The summed E-state index contributed by atoms with van der Waals surface area (Å²) >= 11 is 0. The van der Waals surface area contributed by atoms with Crippen molar-refractivity contribution in [2.24, 2.45) is 0 Å². The Morgan fingerprint density at radius 1 is 1.21 bits per heavy atom. The maximum atomic E-state index is 10.6. The van der Waals surface area contributed by atoms with E-state index in [1.807, 2.05) is 6.07 Å². The first-order valence-electron chi connectivity index (χ1n) is 5.58. The number of hydrogen-bond acceptors (Lipinski definition) is 4. The van der Waals surface area contributed by atoms with Gasteiger partial charge < -0.3 is 14.6 Å². The van der Waals surface area contributed by atoms with Crippen LogP contribution in [0.2, 0.25) is 0 Å². The van der Waals surface area contributed by atoms with Crippen LogP contribution in [-0.4, -0.2) is 30.3 Å². The predicted octanol–water partition coefficient (Wildman–Crippen LogP) is 2.35. The van der Waals surface area contributed by atoms with Gasteiger partial charge in [0.15, 0.2) is 11.5 Å². The van der Waals surface area contributed by atoms with Crippen LogP contribution in [0.3, 0.4) is 0 Å². The molecule has 2 rings (SSSR count). The number of ether oxygens (including phenoxy) is 2. The van der Waals surface area contributed by atoms with Gasteiger partial charge in [-0.05, 0) is 24.3 Å². The van der Waals surface area contributed by atoms with Crippen molar-refractivity contribution in [3.63, 3.8) is 0 Å². The number of carboxylic acids is 1. The lowest BCUT2D eigenvalue weighted by atomic mass is 10.1. The summed E-state index contributed by atoms with van der Waals surface area (Å²) in [6.07, 6.45) is 4.11. The molecular formula is C14H13NO4. The van der Waals surface area contributed by atoms with Gasteiger partial charge in [-0.25, -0.2) is 4.79 Å². The molecule has 0 aliphatic heterocycles. The summed E-state index contributed by atoms with van der Waals surface area (Å²) in [5.74, 6) is 0.209. The number of aromatic nitrogens is 1. The van der Waals surface area contributed by atoms with Crippen molar-refractivity contribution in [2.45, 2.75) is 0 Å². The monoisotopic (exact) mass is 259 g/mol. The summed E-state index contributed by atoms with van der Waals surface area (Å²) in [7, 11) is 3.13. The quantitative estimate of drug-likeness (QED) is 0.853. The van der Waals surface area contributed by atoms with Gasteiger partial charge >= 0.3 is 5.97 Å². The van der Waals surface area contributed by atoms with E-state index in [0.717, 1.165) is 16.8 Å². The molecule has 0 saturated heterocycles. The number of methoxy groups -OCH3 is 2. The Kier molecular flexibility index (Phi) is 3.66. The van der Waals surface area contributed by atoms with E-state index >= 15 is 0 Å². The van der Waals surface area contributed by atoms with Gasteiger partial charge in [-0.15, -0.1) is 0 Å². The summed E-state index contributed by atoms with van der Waals surface area (Å²) in [6.45, 7) is 0. The van der Waals surface area contributed by atoms with Gasteiger partial charge in [0, 0.05) is 23.0 Å². The third-order valence-electron chi connectivity index (χ3n) is 2.70. The van der Waals surface area contributed by atoms with E-state index in [1.54, 1.807) is 32.5 Å². The Morgan fingerprint density at radius 2 is 2.00 bits per heavy atom. The highest BCUT2D eigenvalue weighted by Gasteiger charge is 2.10. The van der Waals surface area contributed by atoms with E-state index in [-0.39, 0.29) is 0 Å². The van der Waals surface area contributed by atoms with Crippen molar-refractivity contribution in [1.29, 1.82) is 0 Å². The average Bonchev–Trinajstić information content (AvgIpc) is 2.43. The van der Waals surface area contributed by atoms with Crippen molar-refractivity contribution in [3.05, 3.63) is 36.2 Å². The van der Waals surface area contributed by atoms with Gasteiger partial charge in [-0.1, -0.05) is 0 Å². The van der Waals surface area contributed by atoms with Crippen LogP contribution in [0.25, 0.3) is 16.8 Å². The number of aliphatic carboxylic acids is 1. The van der Waals surface area contributed by atoms with Crippen molar-refractivity contribution in [1.82, 2.24) is 4.98 Å². The largest absolute Gasteiger partial charge is 0.493 e. The summed E-state index contributed by atoms with van der Waals surface area (Å²) in [4.78, 5) is 14.7. The zero-order chi connectivity index (χ0) is 13.8. The van der Waals surface area contributed by atoms with E-state index in [9.17, 15) is 4.79 Å². The lowest BCUT2D eigenvalue weighted by Crippen LogP contribution is -1.94. The van der Waals surface area contributed by atoms with Crippen molar-refractivity contribution < 1.29 is 19.4 Å². The van der Waals surface area contributed by atoms with Crippen molar-refractivity contribution >= 4 is 22.8 Å². The molecule has 0 radical (unpaired) electrons. The van der Waals surface area contributed by atoms with Crippen LogP contribution in [0.5, 0.6) is 11.5 Å². The number of hydrogen-bond donors (Lipinski definition) is 1. The van der Waals surface area contributed by atoms with Crippen LogP contribution in [0.15, 0.2) is 30.5 Å². The second-order valence-electron chi connectivity index (χ2n) is 3.76. The second kappa shape index (κ2) is 5.39. The highest BCUT2D eigenvalue weighted by molar-refractivity contribution is 5.97. The molecule has 0 saturated carbocycles. The van der Waals surface area contributed by atoms with Gasteiger partial charge in [0.2, 0.25) is 0 Å². The Morgan fingerprint density at radius 3 is 2.63 bits per heavy atom. The summed E-state index contributed by atoms with van der Waals surface area (Å²) in [5, 5.41) is 10.3. The SMILES string of the molecule is COc1ccc2c(/C=C/C(=O)O)nccc2c1OC. The Bertz CT molecular complexity index is 649. The lowest BCUT2D eigenvalue weighted by Gasteiger charge is -2.11. The molecule has 19 heavy (non-hydrogen) atoms. The summed E-state index contributed by atoms with van der Waals surface area (Å²) < 4.78 is 10.6. The molecule has 98 valence electrons. The zero-order valence-electron chi connectivity index (χ0n) is 10.6. The fraction of sp³-hybridized carbons (Fsp3) is 0.143. The number of nitrogens with zero attached hydrogens (tertiary/aromatic N) is 1. The molecule has 1 heterocycles. The minimum Gasteiger partial charge on any atom is -0.493 e. The maximum absolute atomic E-state index is 10.6. The molecule has 0 bridgehead atoms. The molecule has 1 N–H and O–H groups in total. The van der Waals surface area contributed by atoms with Crippen LogP contribution >= 0.6 is 0 Å². The van der Waals surface area contributed by atoms with Gasteiger partial charge in [-0.2, -0.15) is 0 Å². The van der Waals surface area contributed by atoms with Crippen LogP contribution in [0.1, 0.15) is 5.69 Å². The average molecular weight is 259 g/mol. The number of pyridine rings is 1. The van der Waals surface area contributed by atoms with Crippen LogP contribution in [-0.2, 0) is 4.79 Å². The number of rotatable bonds is 4. The third-order valence-corrected chi connectivity index (χ3v) is 2.70. The van der Waals surface area contributed by atoms with E-state index < -0.39 is 5.97 Å². The topological polar surface area (TPSA) is 68.7 Å². The molecule has 0 atom stereocenters. The van der Waals surface area contributed by atoms with Crippen molar-refractivity contribution in [3.8, 4) is 11.5 Å². The standard InChI is InChI=1S/C14H13NO4/c1-18-12-5-3-9-10(14(12)19-2)7-8-15-11(9)4-6-13(16)17/h3-8H,1-2H3,(H,16,17)/b6-4+. The van der Waals surface area contributed by atoms with E-state index in [1.165, 1.54) is 6.08 Å². The molecule has 0 aliphatic rings. The predicted molar refractivity (Wildman–Crippen MR) is 71.5 cm³/mol. The van der Waals surface area contributed by atoms with E-state index in [4.69, 9.17) is 14.6 Å². The Hall–Kier alpha value is -2.56. The molecule has 0 amide bonds. The smallest absolute Gasteiger partial charge is 0.328 e. The van der Waals surface area contributed by atoms with Crippen molar-refractivity contribution in [2.75, 3.05) is 14.2 Å². The Labute approximate surface area is 110 Å².